The molecule has 2 N–H and O–H groups in total. The monoisotopic (exact) mass is 245 g/mol. The maximum Gasteiger partial charge on any atom is 0.254 e. The maximum atomic E-state index is 13.3. The van der Waals surface area contributed by atoms with Crippen LogP contribution in [0, 0.1) is 5.82 Å². The zero-order valence-corrected chi connectivity index (χ0v) is 9.59. The van der Waals surface area contributed by atoms with Gasteiger partial charge in [-0.05, 0) is 31.5 Å². The number of carbonyl (C=O) groups excluding carboxylic acids is 1. The summed E-state index contributed by atoms with van der Waals surface area (Å²) < 4.78 is 13.3. The zero-order chi connectivity index (χ0) is 12.1. The molecule has 0 fully saturated rings. The van der Waals surface area contributed by atoms with Gasteiger partial charge in [0.15, 0.2) is 0 Å². The number of nitrogens with one attached hydrogen (secondary N) is 1. The Labute approximate surface area is 98.2 Å². The topological polar surface area (TPSA) is 49.3 Å². The average Bonchev–Trinajstić information content (AvgIpc) is 2.17. The fourth-order valence-electron chi connectivity index (χ4n) is 1.24. The fraction of sp³-hybridized carbons (Fsp3) is 0.364. The summed E-state index contributed by atoms with van der Waals surface area (Å²) in [4.78, 5) is 11.6. The Morgan fingerprint density at radius 2 is 2.31 bits per heavy atom. The van der Waals surface area contributed by atoms with Crippen molar-refractivity contribution in [3.05, 3.63) is 34.6 Å². The molecular weight excluding hydrogens is 233 g/mol. The average molecular weight is 246 g/mol. The molecular formula is C11H13ClFNO2. The van der Waals surface area contributed by atoms with Gasteiger partial charge in [-0.2, -0.15) is 0 Å². The van der Waals surface area contributed by atoms with Gasteiger partial charge in [0.1, 0.15) is 5.82 Å². The van der Waals surface area contributed by atoms with Crippen molar-refractivity contribution in [2.75, 3.05) is 6.61 Å². The number of aliphatic hydroxyl groups excluding tert-OH is 1. The van der Waals surface area contributed by atoms with Gasteiger partial charge in [0, 0.05) is 17.7 Å². The molecule has 0 saturated heterocycles. The molecule has 0 aliphatic heterocycles. The molecule has 0 radical (unpaired) electrons. The van der Waals surface area contributed by atoms with Crippen LogP contribution in [-0.4, -0.2) is 23.7 Å². The third-order valence-corrected chi connectivity index (χ3v) is 2.35. The van der Waals surface area contributed by atoms with E-state index in [2.05, 4.69) is 5.32 Å². The van der Waals surface area contributed by atoms with Crippen LogP contribution in [0.3, 0.4) is 0 Å². The molecule has 1 aromatic carbocycles. The molecule has 1 amide bonds. The van der Waals surface area contributed by atoms with Gasteiger partial charge in [-0.3, -0.25) is 4.79 Å². The number of hydrogen-bond acceptors (Lipinski definition) is 2. The highest BCUT2D eigenvalue weighted by molar-refractivity contribution is 6.30. The van der Waals surface area contributed by atoms with E-state index in [1.54, 1.807) is 6.92 Å². The smallest absolute Gasteiger partial charge is 0.254 e. The van der Waals surface area contributed by atoms with E-state index >= 15 is 0 Å². The standard InChI is InChI=1S/C11H13ClFNO2/c1-7(4-5-15)14-11(16)9-3-2-8(12)6-10(9)13/h2-3,6-7,15H,4-5H2,1H3,(H,14,16)/t7-/m1/s1. The molecule has 1 atom stereocenters. The minimum Gasteiger partial charge on any atom is -0.396 e. The second-order valence-corrected chi connectivity index (χ2v) is 3.95. The molecule has 0 saturated carbocycles. The van der Waals surface area contributed by atoms with Crippen LogP contribution in [0.4, 0.5) is 4.39 Å². The van der Waals surface area contributed by atoms with Crippen LogP contribution in [0.15, 0.2) is 18.2 Å². The Morgan fingerprint density at radius 3 is 2.88 bits per heavy atom. The molecule has 0 aliphatic carbocycles. The summed E-state index contributed by atoms with van der Waals surface area (Å²) in [5.74, 6) is -1.16. The zero-order valence-electron chi connectivity index (χ0n) is 8.84. The van der Waals surface area contributed by atoms with E-state index in [0.29, 0.717) is 6.42 Å². The number of halogens is 2. The van der Waals surface area contributed by atoms with Crippen molar-refractivity contribution in [2.45, 2.75) is 19.4 Å². The minimum atomic E-state index is -0.652. The van der Waals surface area contributed by atoms with Gasteiger partial charge in [0.2, 0.25) is 0 Å². The van der Waals surface area contributed by atoms with E-state index in [1.165, 1.54) is 12.1 Å². The maximum absolute atomic E-state index is 13.3. The Hall–Kier alpha value is -1.13. The van der Waals surface area contributed by atoms with Gasteiger partial charge in [0.05, 0.1) is 5.56 Å². The summed E-state index contributed by atoms with van der Waals surface area (Å²) in [6, 6.07) is 3.68. The molecule has 88 valence electrons. The fourth-order valence-corrected chi connectivity index (χ4v) is 1.40. The quantitative estimate of drug-likeness (QED) is 0.852. The minimum absolute atomic E-state index is 0.0233. The SMILES string of the molecule is C[C@H](CCO)NC(=O)c1ccc(Cl)cc1F. The molecule has 0 aromatic heterocycles. The van der Waals surface area contributed by atoms with Crippen LogP contribution in [0.2, 0.25) is 5.02 Å². The summed E-state index contributed by atoms with van der Waals surface area (Å²) >= 11 is 5.57. The summed E-state index contributed by atoms with van der Waals surface area (Å²) in [7, 11) is 0. The van der Waals surface area contributed by atoms with Gasteiger partial charge in [-0.1, -0.05) is 11.6 Å². The number of amides is 1. The van der Waals surface area contributed by atoms with Gasteiger partial charge in [-0.15, -0.1) is 0 Å². The van der Waals surface area contributed by atoms with Crippen LogP contribution in [-0.2, 0) is 0 Å². The van der Waals surface area contributed by atoms with Crippen molar-refractivity contribution < 1.29 is 14.3 Å². The predicted molar refractivity (Wildman–Crippen MR) is 60.0 cm³/mol. The van der Waals surface area contributed by atoms with E-state index in [1.807, 2.05) is 0 Å². The first-order valence-corrected chi connectivity index (χ1v) is 5.29. The number of carbonyl (C=O) groups is 1. The first kappa shape index (κ1) is 12.9. The third-order valence-electron chi connectivity index (χ3n) is 2.12. The number of benzene rings is 1. The van der Waals surface area contributed by atoms with Crippen LogP contribution in [0.1, 0.15) is 23.7 Å². The summed E-state index contributed by atoms with van der Waals surface area (Å²) in [5, 5.41) is 11.5. The second kappa shape index (κ2) is 5.82. The lowest BCUT2D eigenvalue weighted by Crippen LogP contribution is -2.33. The Kier molecular flexibility index (Phi) is 4.71. The van der Waals surface area contributed by atoms with E-state index in [9.17, 15) is 9.18 Å². The van der Waals surface area contributed by atoms with E-state index in [-0.39, 0.29) is 23.2 Å². The molecule has 0 bridgehead atoms. The molecule has 0 aliphatic rings. The first-order valence-electron chi connectivity index (χ1n) is 4.91. The predicted octanol–water partition coefficient (Wildman–Crippen LogP) is 1.98. The van der Waals surface area contributed by atoms with Crippen molar-refractivity contribution in [3.8, 4) is 0 Å². The molecule has 1 rings (SSSR count). The highest BCUT2D eigenvalue weighted by Gasteiger charge is 2.13. The number of rotatable bonds is 4. The van der Waals surface area contributed by atoms with Crippen LogP contribution in [0.5, 0.6) is 0 Å². The summed E-state index contributed by atoms with van der Waals surface area (Å²) in [5.41, 5.74) is -0.0470. The lowest BCUT2D eigenvalue weighted by atomic mass is 10.1. The van der Waals surface area contributed by atoms with Gasteiger partial charge < -0.3 is 10.4 Å². The van der Waals surface area contributed by atoms with Crippen LogP contribution < -0.4 is 5.32 Å². The van der Waals surface area contributed by atoms with Gasteiger partial charge in [0.25, 0.3) is 5.91 Å². The van der Waals surface area contributed by atoms with Crippen LogP contribution >= 0.6 is 11.6 Å². The van der Waals surface area contributed by atoms with Crippen molar-refractivity contribution in [1.82, 2.24) is 5.32 Å². The van der Waals surface area contributed by atoms with Crippen molar-refractivity contribution in [2.24, 2.45) is 0 Å². The second-order valence-electron chi connectivity index (χ2n) is 3.51. The number of hydrogen-bond donors (Lipinski definition) is 2. The van der Waals surface area contributed by atoms with Crippen LogP contribution in [0.25, 0.3) is 0 Å². The molecule has 1 aromatic rings. The normalized spacial score (nSPS) is 12.2. The largest absolute Gasteiger partial charge is 0.396 e. The van der Waals surface area contributed by atoms with Crippen molar-refractivity contribution in [1.29, 1.82) is 0 Å². The molecule has 16 heavy (non-hydrogen) atoms. The Balaban J connectivity index is 2.73. The molecule has 3 nitrogen and oxygen atoms in total. The summed E-state index contributed by atoms with van der Waals surface area (Å²) in [6.45, 7) is 1.71. The first-order chi connectivity index (χ1) is 7.54. The van der Waals surface area contributed by atoms with E-state index in [0.717, 1.165) is 6.07 Å². The molecule has 0 heterocycles. The molecule has 0 spiro atoms. The molecule has 0 unspecified atom stereocenters. The lowest BCUT2D eigenvalue weighted by molar-refractivity contribution is 0.0930. The molecule has 5 heteroatoms. The summed E-state index contributed by atoms with van der Waals surface area (Å²) in [6.07, 6.45) is 0.431. The number of aliphatic hydroxyl groups is 1. The third kappa shape index (κ3) is 3.47. The Bertz CT molecular complexity index is 384. The van der Waals surface area contributed by atoms with Gasteiger partial charge >= 0.3 is 0 Å². The lowest BCUT2D eigenvalue weighted by Gasteiger charge is -2.12. The van der Waals surface area contributed by atoms with E-state index in [4.69, 9.17) is 16.7 Å². The Morgan fingerprint density at radius 1 is 1.62 bits per heavy atom. The highest BCUT2D eigenvalue weighted by Crippen LogP contribution is 2.14. The van der Waals surface area contributed by atoms with Gasteiger partial charge in [-0.25, -0.2) is 4.39 Å². The highest BCUT2D eigenvalue weighted by atomic mass is 35.5. The van der Waals surface area contributed by atoms with E-state index < -0.39 is 11.7 Å². The van der Waals surface area contributed by atoms with Crippen molar-refractivity contribution >= 4 is 17.5 Å². The van der Waals surface area contributed by atoms with Crippen molar-refractivity contribution in [3.63, 3.8) is 0 Å².